The van der Waals surface area contributed by atoms with E-state index >= 15 is 0 Å². The Labute approximate surface area is 146 Å². The molecule has 0 saturated carbocycles. The topological polar surface area (TPSA) is 38.3 Å². The lowest BCUT2D eigenvalue weighted by atomic mass is 10.1. The lowest BCUT2D eigenvalue weighted by Crippen LogP contribution is -2.33. The van der Waals surface area contributed by atoms with Crippen LogP contribution in [0.1, 0.15) is 17.3 Å². The number of carbonyl (C=O) groups excluding carboxylic acids is 1. The maximum atomic E-state index is 12.1. The molecular formula is C20H18ClNO2. The third kappa shape index (κ3) is 3.87. The molecule has 24 heavy (non-hydrogen) atoms. The predicted octanol–water partition coefficient (Wildman–Crippen LogP) is 4.69. The van der Waals surface area contributed by atoms with E-state index in [0.717, 1.165) is 16.5 Å². The fourth-order valence-electron chi connectivity index (χ4n) is 2.50. The minimum Gasteiger partial charge on any atom is -0.488 e. The average Bonchev–Trinajstić information content (AvgIpc) is 2.61. The van der Waals surface area contributed by atoms with E-state index < -0.39 is 0 Å². The number of halogens is 1. The third-order valence-corrected chi connectivity index (χ3v) is 3.99. The van der Waals surface area contributed by atoms with E-state index in [9.17, 15) is 4.79 Å². The van der Waals surface area contributed by atoms with Crippen molar-refractivity contribution in [3.05, 3.63) is 77.3 Å². The van der Waals surface area contributed by atoms with Crippen molar-refractivity contribution in [2.45, 2.75) is 13.0 Å². The summed E-state index contributed by atoms with van der Waals surface area (Å²) in [6, 6.07) is 20.8. The van der Waals surface area contributed by atoms with E-state index in [2.05, 4.69) is 17.4 Å². The van der Waals surface area contributed by atoms with Gasteiger partial charge in [0.1, 0.15) is 11.9 Å². The van der Waals surface area contributed by atoms with E-state index in [1.807, 2.05) is 37.3 Å². The molecule has 0 heterocycles. The van der Waals surface area contributed by atoms with Crippen molar-refractivity contribution in [3.8, 4) is 5.75 Å². The minimum atomic E-state index is -0.146. The molecule has 3 nitrogen and oxygen atoms in total. The van der Waals surface area contributed by atoms with E-state index in [1.165, 1.54) is 0 Å². The molecule has 3 aromatic rings. The highest BCUT2D eigenvalue weighted by Crippen LogP contribution is 2.25. The van der Waals surface area contributed by atoms with Gasteiger partial charge in [-0.2, -0.15) is 0 Å². The SMILES string of the molecule is CC(CNC(=O)c1ccc(Cl)cc1)Oc1cccc2ccccc12. The molecule has 1 N–H and O–H groups in total. The molecule has 0 saturated heterocycles. The van der Waals surface area contributed by atoms with Crippen molar-refractivity contribution < 1.29 is 9.53 Å². The summed E-state index contributed by atoms with van der Waals surface area (Å²) in [4.78, 5) is 12.1. The quantitative estimate of drug-likeness (QED) is 0.732. The van der Waals surface area contributed by atoms with Gasteiger partial charge in [-0.15, -0.1) is 0 Å². The Morgan fingerprint density at radius 3 is 2.54 bits per heavy atom. The number of carbonyl (C=O) groups is 1. The normalized spacial score (nSPS) is 11.9. The predicted molar refractivity (Wildman–Crippen MR) is 97.8 cm³/mol. The van der Waals surface area contributed by atoms with Gasteiger partial charge in [0.2, 0.25) is 0 Å². The standard InChI is InChI=1S/C20H18ClNO2/c1-14(13-22-20(23)16-9-11-17(21)12-10-16)24-19-8-4-6-15-5-2-3-7-18(15)19/h2-12,14H,13H2,1H3,(H,22,23). The fraction of sp³-hybridized carbons (Fsp3) is 0.150. The second-order valence-corrected chi connectivity index (χ2v) is 6.06. The van der Waals surface area contributed by atoms with Crippen molar-refractivity contribution >= 4 is 28.3 Å². The van der Waals surface area contributed by atoms with Gasteiger partial charge < -0.3 is 10.1 Å². The van der Waals surface area contributed by atoms with Crippen molar-refractivity contribution in [1.29, 1.82) is 0 Å². The number of benzene rings is 3. The van der Waals surface area contributed by atoms with Crippen LogP contribution in [-0.2, 0) is 0 Å². The average molecular weight is 340 g/mol. The van der Waals surface area contributed by atoms with Crippen LogP contribution in [0.25, 0.3) is 10.8 Å². The first-order chi connectivity index (χ1) is 11.6. The van der Waals surface area contributed by atoms with E-state index in [1.54, 1.807) is 24.3 Å². The number of ether oxygens (including phenoxy) is 1. The summed E-state index contributed by atoms with van der Waals surface area (Å²) in [6.45, 7) is 2.36. The van der Waals surface area contributed by atoms with Crippen LogP contribution in [0.15, 0.2) is 66.7 Å². The molecule has 3 rings (SSSR count). The van der Waals surface area contributed by atoms with Gasteiger partial charge in [-0.25, -0.2) is 0 Å². The van der Waals surface area contributed by atoms with Gasteiger partial charge in [-0.05, 0) is 42.6 Å². The summed E-state index contributed by atoms with van der Waals surface area (Å²) in [5.41, 5.74) is 0.580. The molecule has 3 aromatic carbocycles. The summed E-state index contributed by atoms with van der Waals surface area (Å²) in [5.74, 6) is 0.682. The maximum absolute atomic E-state index is 12.1. The Hall–Kier alpha value is -2.52. The maximum Gasteiger partial charge on any atom is 0.251 e. The van der Waals surface area contributed by atoms with Gasteiger partial charge in [0.15, 0.2) is 0 Å². The molecule has 4 heteroatoms. The lowest BCUT2D eigenvalue weighted by molar-refractivity contribution is 0.0932. The van der Waals surface area contributed by atoms with Crippen LogP contribution in [0, 0.1) is 0 Å². The molecule has 1 amide bonds. The fourth-order valence-corrected chi connectivity index (χ4v) is 2.62. The molecule has 0 aromatic heterocycles. The molecule has 0 aliphatic rings. The number of rotatable bonds is 5. The Kier molecular flexibility index (Phi) is 5.02. The summed E-state index contributed by atoms with van der Waals surface area (Å²) >= 11 is 5.83. The second kappa shape index (κ2) is 7.37. The second-order valence-electron chi connectivity index (χ2n) is 5.62. The van der Waals surface area contributed by atoms with Crippen molar-refractivity contribution in [2.24, 2.45) is 0 Å². The van der Waals surface area contributed by atoms with Gasteiger partial charge in [0, 0.05) is 16.0 Å². The Morgan fingerprint density at radius 1 is 1.04 bits per heavy atom. The highest BCUT2D eigenvalue weighted by Gasteiger charge is 2.10. The summed E-state index contributed by atoms with van der Waals surface area (Å²) in [5, 5.41) is 5.69. The summed E-state index contributed by atoms with van der Waals surface area (Å²) in [6.07, 6.45) is -0.146. The first-order valence-corrected chi connectivity index (χ1v) is 8.19. The van der Waals surface area contributed by atoms with Crippen molar-refractivity contribution in [1.82, 2.24) is 5.32 Å². The Bertz CT molecular complexity index is 840. The Morgan fingerprint density at radius 2 is 1.75 bits per heavy atom. The highest BCUT2D eigenvalue weighted by atomic mass is 35.5. The third-order valence-electron chi connectivity index (χ3n) is 3.73. The number of hydrogen-bond donors (Lipinski definition) is 1. The van der Waals surface area contributed by atoms with Gasteiger partial charge in [-0.1, -0.05) is 48.0 Å². The van der Waals surface area contributed by atoms with Crippen LogP contribution in [0.2, 0.25) is 5.02 Å². The largest absolute Gasteiger partial charge is 0.488 e. The van der Waals surface area contributed by atoms with Crippen LogP contribution in [0.5, 0.6) is 5.75 Å². The van der Waals surface area contributed by atoms with Crippen LogP contribution in [0.4, 0.5) is 0 Å². The summed E-state index contributed by atoms with van der Waals surface area (Å²) in [7, 11) is 0. The first-order valence-electron chi connectivity index (χ1n) is 7.81. The van der Waals surface area contributed by atoms with Gasteiger partial charge >= 0.3 is 0 Å². The lowest BCUT2D eigenvalue weighted by Gasteiger charge is -2.17. The van der Waals surface area contributed by atoms with Crippen molar-refractivity contribution in [2.75, 3.05) is 6.54 Å². The molecule has 0 aliphatic heterocycles. The molecule has 1 atom stereocenters. The smallest absolute Gasteiger partial charge is 0.251 e. The minimum absolute atomic E-state index is 0.139. The highest BCUT2D eigenvalue weighted by molar-refractivity contribution is 6.30. The molecule has 0 spiro atoms. The Balaban J connectivity index is 1.62. The number of fused-ring (bicyclic) bond motifs is 1. The molecule has 122 valence electrons. The zero-order chi connectivity index (χ0) is 16.9. The van der Waals surface area contributed by atoms with E-state index in [4.69, 9.17) is 16.3 Å². The van der Waals surface area contributed by atoms with E-state index in [0.29, 0.717) is 17.1 Å². The molecule has 0 aliphatic carbocycles. The first kappa shape index (κ1) is 16.3. The van der Waals surface area contributed by atoms with Gasteiger partial charge in [0.25, 0.3) is 5.91 Å². The van der Waals surface area contributed by atoms with Crippen LogP contribution >= 0.6 is 11.6 Å². The number of nitrogens with one attached hydrogen (secondary N) is 1. The monoisotopic (exact) mass is 339 g/mol. The molecule has 0 fully saturated rings. The number of hydrogen-bond acceptors (Lipinski definition) is 2. The molecule has 1 unspecified atom stereocenters. The molecule has 0 radical (unpaired) electrons. The zero-order valence-electron chi connectivity index (χ0n) is 13.3. The summed E-state index contributed by atoms with van der Waals surface area (Å²) < 4.78 is 6.00. The van der Waals surface area contributed by atoms with Gasteiger partial charge in [-0.3, -0.25) is 4.79 Å². The number of amides is 1. The van der Waals surface area contributed by atoms with Crippen LogP contribution < -0.4 is 10.1 Å². The van der Waals surface area contributed by atoms with Crippen LogP contribution in [0.3, 0.4) is 0 Å². The van der Waals surface area contributed by atoms with Gasteiger partial charge in [0.05, 0.1) is 6.54 Å². The zero-order valence-corrected chi connectivity index (χ0v) is 14.1. The van der Waals surface area contributed by atoms with E-state index in [-0.39, 0.29) is 12.0 Å². The molecular weight excluding hydrogens is 322 g/mol. The van der Waals surface area contributed by atoms with Crippen molar-refractivity contribution in [3.63, 3.8) is 0 Å². The van der Waals surface area contributed by atoms with Crippen LogP contribution in [-0.4, -0.2) is 18.6 Å². The molecule has 0 bridgehead atoms.